The maximum Gasteiger partial charge on any atom is 0.0286 e. The predicted octanol–water partition coefficient (Wildman–Crippen LogP) is 3.82. The fourth-order valence-corrected chi connectivity index (χ4v) is 6.34. The van der Waals surface area contributed by atoms with E-state index in [1.807, 2.05) is 0 Å². The van der Waals surface area contributed by atoms with E-state index in [1.54, 1.807) is 15.3 Å². The average Bonchev–Trinajstić information content (AvgIpc) is 2.91. The second kappa shape index (κ2) is 5.82. The van der Waals surface area contributed by atoms with Gasteiger partial charge in [-0.25, -0.2) is 0 Å². The summed E-state index contributed by atoms with van der Waals surface area (Å²) in [7, 11) is 0. The van der Waals surface area contributed by atoms with Gasteiger partial charge in [0, 0.05) is 21.7 Å². The minimum Gasteiger partial charge on any atom is -0.327 e. The summed E-state index contributed by atoms with van der Waals surface area (Å²) in [5.74, 6) is 0. The molecule has 1 atom stereocenters. The van der Waals surface area contributed by atoms with Crippen LogP contribution in [0.5, 0.6) is 0 Å². The monoisotopic (exact) mass is 351 g/mol. The first-order valence-electron chi connectivity index (χ1n) is 9.46. The smallest absolute Gasteiger partial charge is 0.0286 e. The van der Waals surface area contributed by atoms with Crippen LogP contribution in [0.1, 0.15) is 54.5 Å². The molecular weight excluding hydrogens is 322 g/mol. The molecule has 0 saturated carbocycles. The Bertz CT molecular complexity index is 947. The maximum atomic E-state index is 6.30. The lowest BCUT2D eigenvalue weighted by atomic mass is 9.71. The molecule has 0 radical (unpaired) electrons. The van der Waals surface area contributed by atoms with Crippen molar-refractivity contribution in [3.05, 3.63) is 55.6 Å². The standard InChI is InChI=1S/C23H29NS/c1-15-18-13-22(2,3)11-10-20(18)25-21(15)23(4)12-9-16-7-5-6-8-17(16)19(23)14-24/h5-9H,10-14,24H2,1-4H3. The molecular formula is C23H29NS. The molecule has 0 fully saturated rings. The Morgan fingerprint density at radius 3 is 2.68 bits per heavy atom. The zero-order chi connectivity index (χ0) is 17.8. The number of hydrogen-bond donors (Lipinski definition) is 1. The minimum atomic E-state index is 0.0410. The number of thiophene rings is 1. The van der Waals surface area contributed by atoms with Crippen molar-refractivity contribution in [3.8, 4) is 0 Å². The molecule has 0 bridgehead atoms. The van der Waals surface area contributed by atoms with Crippen molar-refractivity contribution in [2.24, 2.45) is 11.1 Å². The van der Waals surface area contributed by atoms with Gasteiger partial charge in [0.1, 0.15) is 0 Å². The lowest BCUT2D eigenvalue weighted by Gasteiger charge is -2.34. The van der Waals surface area contributed by atoms with Gasteiger partial charge >= 0.3 is 0 Å². The number of nitrogens with two attached hydrogens (primary N) is 1. The Hall–Kier alpha value is -1.38. The first kappa shape index (κ1) is 17.1. The SMILES string of the molecule is Cc1c(C2(C)CC=c3ccccc3=C2CN)sc2c1CC(C)(C)CC2. The van der Waals surface area contributed by atoms with E-state index in [0.29, 0.717) is 12.0 Å². The van der Waals surface area contributed by atoms with Crippen molar-refractivity contribution < 1.29 is 0 Å². The van der Waals surface area contributed by atoms with Crippen molar-refractivity contribution in [1.29, 1.82) is 0 Å². The van der Waals surface area contributed by atoms with Gasteiger partial charge in [-0.1, -0.05) is 51.1 Å². The Morgan fingerprint density at radius 1 is 1.16 bits per heavy atom. The van der Waals surface area contributed by atoms with Crippen LogP contribution >= 0.6 is 11.3 Å². The van der Waals surface area contributed by atoms with E-state index in [4.69, 9.17) is 5.73 Å². The Labute approximate surface area is 155 Å². The summed E-state index contributed by atoms with van der Waals surface area (Å²) in [5.41, 5.74) is 11.4. The van der Waals surface area contributed by atoms with Crippen LogP contribution in [-0.2, 0) is 18.3 Å². The Balaban J connectivity index is 1.91. The molecule has 0 aliphatic heterocycles. The molecule has 2 aliphatic rings. The van der Waals surface area contributed by atoms with Crippen LogP contribution in [0.4, 0.5) is 0 Å². The third-order valence-electron chi connectivity index (χ3n) is 6.43. The van der Waals surface area contributed by atoms with Crippen LogP contribution in [0, 0.1) is 12.3 Å². The van der Waals surface area contributed by atoms with Crippen molar-refractivity contribution >= 4 is 23.0 Å². The van der Waals surface area contributed by atoms with Gasteiger partial charge in [0.05, 0.1) is 0 Å². The predicted molar refractivity (Wildman–Crippen MR) is 109 cm³/mol. The molecule has 1 nitrogen and oxygen atoms in total. The van der Waals surface area contributed by atoms with Crippen LogP contribution in [0.2, 0.25) is 0 Å². The van der Waals surface area contributed by atoms with Crippen LogP contribution in [0.3, 0.4) is 0 Å². The summed E-state index contributed by atoms with van der Waals surface area (Å²) in [4.78, 5) is 3.18. The Kier molecular flexibility index (Phi) is 3.97. The molecule has 1 heterocycles. The first-order chi connectivity index (χ1) is 11.9. The molecule has 2 heteroatoms. The quantitative estimate of drug-likeness (QED) is 0.874. The van der Waals surface area contributed by atoms with Crippen molar-refractivity contribution in [3.63, 3.8) is 0 Å². The van der Waals surface area contributed by atoms with E-state index >= 15 is 0 Å². The maximum absolute atomic E-state index is 6.30. The molecule has 2 N–H and O–H groups in total. The van der Waals surface area contributed by atoms with Gasteiger partial charge in [0.25, 0.3) is 0 Å². The zero-order valence-electron chi connectivity index (χ0n) is 15.9. The number of fused-ring (bicyclic) bond motifs is 2. The second-order valence-corrected chi connectivity index (χ2v) is 9.91. The molecule has 0 spiro atoms. The molecule has 132 valence electrons. The van der Waals surface area contributed by atoms with Crippen molar-refractivity contribution in [2.45, 2.75) is 58.8 Å². The van der Waals surface area contributed by atoms with Gasteiger partial charge in [-0.3, -0.25) is 0 Å². The number of rotatable bonds is 2. The average molecular weight is 352 g/mol. The molecule has 1 aromatic carbocycles. The van der Waals surface area contributed by atoms with E-state index in [1.165, 1.54) is 40.8 Å². The highest BCUT2D eigenvalue weighted by molar-refractivity contribution is 7.12. The van der Waals surface area contributed by atoms with E-state index < -0.39 is 0 Å². The van der Waals surface area contributed by atoms with Gasteiger partial charge in [-0.15, -0.1) is 11.3 Å². The van der Waals surface area contributed by atoms with Crippen LogP contribution in [0.25, 0.3) is 11.6 Å². The largest absolute Gasteiger partial charge is 0.327 e. The normalized spacial score (nSPS) is 24.4. The van der Waals surface area contributed by atoms with Gasteiger partial charge in [0.15, 0.2) is 0 Å². The van der Waals surface area contributed by atoms with Crippen LogP contribution in [0.15, 0.2) is 24.3 Å². The highest BCUT2D eigenvalue weighted by Gasteiger charge is 2.38. The molecule has 1 unspecified atom stereocenters. The van der Waals surface area contributed by atoms with E-state index in [2.05, 4.69) is 69.4 Å². The second-order valence-electron chi connectivity index (χ2n) is 8.81. The number of aryl methyl sites for hydroxylation is 1. The summed E-state index contributed by atoms with van der Waals surface area (Å²) < 4.78 is 0. The van der Waals surface area contributed by atoms with Gasteiger partial charge in [-0.05, 0) is 65.2 Å². The zero-order valence-corrected chi connectivity index (χ0v) is 16.7. The van der Waals surface area contributed by atoms with Crippen LogP contribution in [-0.4, -0.2) is 6.54 Å². The van der Waals surface area contributed by atoms with Gasteiger partial charge in [0.2, 0.25) is 0 Å². The van der Waals surface area contributed by atoms with Crippen molar-refractivity contribution in [1.82, 2.24) is 0 Å². The molecule has 0 amide bonds. The molecule has 25 heavy (non-hydrogen) atoms. The number of benzene rings is 1. The van der Waals surface area contributed by atoms with Crippen LogP contribution < -0.4 is 16.2 Å². The molecule has 1 aromatic heterocycles. The summed E-state index contributed by atoms with van der Waals surface area (Å²) >= 11 is 2.07. The van der Waals surface area contributed by atoms with E-state index in [0.717, 1.165) is 6.42 Å². The lowest BCUT2D eigenvalue weighted by Crippen LogP contribution is -2.42. The molecule has 2 aliphatic carbocycles. The summed E-state index contributed by atoms with van der Waals surface area (Å²) in [6.45, 7) is 10.2. The summed E-state index contributed by atoms with van der Waals surface area (Å²) in [5, 5.41) is 2.70. The fraction of sp³-hybridized carbons (Fsp3) is 0.478. The molecule has 0 saturated heterocycles. The third-order valence-corrected chi connectivity index (χ3v) is 8.08. The summed E-state index contributed by atoms with van der Waals surface area (Å²) in [6.07, 6.45) is 7.23. The van der Waals surface area contributed by atoms with E-state index in [-0.39, 0.29) is 5.41 Å². The topological polar surface area (TPSA) is 26.0 Å². The summed E-state index contributed by atoms with van der Waals surface area (Å²) in [6, 6.07) is 8.74. The molecule has 4 rings (SSSR count). The Morgan fingerprint density at radius 2 is 1.92 bits per heavy atom. The third kappa shape index (κ3) is 2.62. The highest BCUT2D eigenvalue weighted by Crippen LogP contribution is 2.48. The highest BCUT2D eigenvalue weighted by atomic mass is 32.1. The fourth-order valence-electron chi connectivity index (χ4n) is 4.84. The first-order valence-corrected chi connectivity index (χ1v) is 10.3. The van der Waals surface area contributed by atoms with Gasteiger partial charge < -0.3 is 5.73 Å². The molecule has 2 aromatic rings. The minimum absolute atomic E-state index is 0.0410. The van der Waals surface area contributed by atoms with Gasteiger partial charge in [-0.2, -0.15) is 0 Å². The van der Waals surface area contributed by atoms with Crippen molar-refractivity contribution in [2.75, 3.05) is 6.54 Å². The number of hydrogen-bond acceptors (Lipinski definition) is 2. The van der Waals surface area contributed by atoms with E-state index in [9.17, 15) is 0 Å². The lowest BCUT2D eigenvalue weighted by molar-refractivity contribution is 0.317.